The van der Waals surface area contributed by atoms with Crippen molar-refractivity contribution in [2.75, 3.05) is 7.11 Å². The maximum absolute atomic E-state index is 12.7. The Labute approximate surface area is 68.6 Å². The number of methoxy groups -OCH3 is 1. The molecule has 0 saturated heterocycles. The minimum absolute atomic E-state index is 0.578. The van der Waals surface area contributed by atoms with Gasteiger partial charge in [0.1, 0.15) is 5.82 Å². The topological polar surface area (TPSA) is 9.23 Å². The Kier molecular flexibility index (Phi) is 2.31. The van der Waals surface area contributed by atoms with Crippen LogP contribution in [-0.2, 0) is 0 Å². The van der Waals surface area contributed by atoms with Crippen LogP contribution < -0.4 is 10.2 Å². The average Bonchev–Trinajstić information content (AvgIpc) is 2.01. The molecule has 3 radical (unpaired) electrons. The standard InChI is InChI=1S/C7H4BF3O/c1-12-7-4(9)2-3(8)5(10)6(7)11/h2H,1H3/q-1. The fourth-order valence-electron chi connectivity index (χ4n) is 0.784. The minimum atomic E-state index is -1.41. The van der Waals surface area contributed by atoms with Crippen LogP contribution in [0.3, 0.4) is 0 Å². The molecule has 12 heavy (non-hydrogen) atoms. The molecule has 0 bridgehead atoms. The molecule has 0 spiro atoms. The normalized spacial score (nSPS) is 10.1. The van der Waals surface area contributed by atoms with Gasteiger partial charge in [0.15, 0.2) is 17.4 Å². The number of ether oxygens (including phenoxy) is 1. The number of benzene rings is 1. The lowest BCUT2D eigenvalue weighted by atomic mass is 9.95. The molecular formula is C7H4BF3O-. The molecule has 0 fully saturated rings. The van der Waals surface area contributed by atoms with Gasteiger partial charge in [-0.05, 0) is 0 Å². The first-order valence-electron chi connectivity index (χ1n) is 3.05. The molecule has 0 aliphatic rings. The van der Waals surface area contributed by atoms with Crippen molar-refractivity contribution in [3.63, 3.8) is 0 Å². The second kappa shape index (κ2) is 3.09. The van der Waals surface area contributed by atoms with Gasteiger partial charge in [0.05, 0.1) is 7.11 Å². The maximum Gasteiger partial charge on any atom is 0.200 e. The zero-order chi connectivity index (χ0) is 9.30. The van der Waals surface area contributed by atoms with E-state index in [4.69, 9.17) is 7.85 Å². The number of hydrogen-bond donors (Lipinski definition) is 0. The van der Waals surface area contributed by atoms with Gasteiger partial charge in [-0.15, -0.1) is 0 Å². The van der Waals surface area contributed by atoms with Gasteiger partial charge < -0.3 is 12.6 Å². The molecule has 0 saturated carbocycles. The lowest BCUT2D eigenvalue weighted by molar-refractivity contribution is 0.348. The van der Waals surface area contributed by atoms with Gasteiger partial charge in [0, 0.05) is 0 Å². The van der Waals surface area contributed by atoms with E-state index in [2.05, 4.69) is 4.74 Å². The first-order valence-corrected chi connectivity index (χ1v) is 3.05. The average molecular weight is 172 g/mol. The van der Waals surface area contributed by atoms with Gasteiger partial charge in [-0.1, -0.05) is 6.07 Å². The summed E-state index contributed by atoms with van der Waals surface area (Å²) < 4.78 is 42.3. The van der Waals surface area contributed by atoms with Crippen molar-refractivity contribution in [2.45, 2.75) is 0 Å². The number of hydrogen-bond acceptors (Lipinski definition) is 1. The van der Waals surface area contributed by atoms with E-state index < -0.39 is 28.7 Å². The third-order valence-electron chi connectivity index (χ3n) is 1.35. The van der Waals surface area contributed by atoms with Crippen molar-refractivity contribution < 1.29 is 17.9 Å². The Balaban J connectivity index is 3.40. The van der Waals surface area contributed by atoms with Crippen LogP contribution in [0.1, 0.15) is 0 Å². The molecule has 0 atom stereocenters. The summed E-state index contributed by atoms with van der Waals surface area (Å²) in [4.78, 5) is 0. The SMILES string of the molecule is [B-]c1cc(F)c(OC)c(F)c1F. The summed E-state index contributed by atoms with van der Waals surface area (Å²) in [6, 6.07) is 0.664. The molecule has 0 aliphatic heterocycles. The van der Waals surface area contributed by atoms with Crippen LogP contribution in [0.15, 0.2) is 6.07 Å². The van der Waals surface area contributed by atoms with E-state index in [1.54, 1.807) is 0 Å². The van der Waals surface area contributed by atoms with E-state index in [0.29, 0.717) is 6.07 Å². The van der Waals surface area contributed by atoms with Crippen molar-refractivity contribution in [3.8, 4) is 5.75 Å². The molecule has 0 aromatic heterocycles. The fourth-order valence-corrected chi connectivity index (χ4v) is 0.784. The lowest BCUT2D eigenvalue weighted by Gasteiger charge is -2.12. The highest BCUT2D eigenvalue weighted by atomic mass is 19.2. The zero-order valence-electron chi connectivity index (χ0n) is 6.20. The third kappa shape index (κ3) is 1.26. The second-order valence-corrected chi connectivity index (χ2v) is 2.11. The Morgan fingerprint density at radius 2 is 1.83 bits per heavy atom. The van der Waals surface area contributed by atoms with Crippen LogP contribution in [0.2, 0.25) is 0 Å². The molecule has 5 heteroatoms. The molecule has 1 aromatic carbocycles. The zero-order valence-corrected chi connectivity index (χ0v) is 6.20. The molecule has 0 amide bonds. The molecule has 1 rings (SSSR count). The number of halogens is 3. The maximum atomic E-state index is 12.7. The van der Waals surface area contributed by atoms with Crippen LogP contribution in [0.25, 0.3) is 0 Å². The largest absolute Gasteiger partial charge is 0.576 e. The van der Waals surface area contributed by atoms with Crippen molar-refractivity contribution in [3.05, 3.63) is 23.5 Å². The molecule has 1 nitrogen and oxygen atoms in total. The van der Waals surface area contributed by atoms with E-state index in [-0.39, 0.29) is 0 Å². The highest BCUT2D eigenvalue weighted by Gasteiger charge is 2.12. The van der Waals surface area contributed by atoms with Crippen LogP contribution in [0.5, 0.6) is 5.75 Å². The van der Waals surface area contributed by atoms with Crippen LogP contribution >= 0.6 is 0 Å². The Hall–Kier alpha value is -1.13. The van der Waals surface area contributed by atoms with Crippen molar-refractivity contribution >= 4 is 13.3 Å². The van der Waals surface area contributed by atoms with Gasteiger partial charge in [0.25, 0.3) is 0 Å². The summed E-state index contributed by atoms with van der Waals surface area (Å²) in [5.41, 5.74) is -0.578. The summed E-state index contributed by atoms with van der Waals surface area (Å²) in [5, 5.41) is 0. The van der Waals surface area contributed by atoms with Crippen molar-refractivity contribution in [1.82, 2.24) is 0 Å². The summed E-state index contributed by atoms with van der Waals surface area (Å²) in [5.74, 6) is -4.49. The minimum Gasteiger partial charge on any atom is -0.576 e. The molecular weight excluding hydrogens is 168 g/mol. The molecule has 0 unspecified atom stereocenters. The van der Waals surface area contributed by atoms with Crippen molar-refractivity contribution in [1.29, 1.82) is 0 Å². The molecule has 0 aliphatic carbocycles. The predicted molar refractivity (Wildman–Crippen MR) is 38.3 cm³/mol. The van der Waals surface area contributed by atoms with E-state index in [0.717, 1.165) is 7.11 Å². The Morgan fingerprint density at radius 3 is 2.33 bits per heavy atom. The predicted octanol–water partition coefficient (Wildman–Crippen LogP) is 0.906. The van der Waals surface area contributed by atoms with E-state index in [9.17, 15) is 13.2 Å². The quantitative estimate of drug-likeness (QED) is 0.451. The molecule has 63 valence electrons. The van der Waals surface area contributed by atoms with Crippen LogP contribution in [0, 0.1) is 17.5 Å². The van der Waals surface area contributed by atoms with Gasteiger partial charge in [-0.3, -0.25) is 5.46 Å². The summed E-state index contributed by atoms with van der Waals surface area (Å²) >= 11 is 0. The van der Waals surface area contributed by atoms with Gasteiger partial charge in [0.2, 0.25) is 0 Å². The molecule has 0 N–H and O–H groups in total. The van der Waals surface area contributed by atoms with Crippen LogP contribution in [0.4, 0.5) is 13.2 Å². The highest BCUT2D eigenvalue weighted by Crippen LogP contribution is 2.21. The summed E-state index contributed by atoms with van der Waals surface area (Å²) in [6.45, 7) is 0. The Morgan fingerprint density at radius 1 is 1.25 bits per heavy atom. The summed E-state index contributed by atoms with van der Waals surface area (Å²) in [7, 11) is 5.97. The number of rotatable bonds is 1. The van der Waals surface area contributed by atoms with E-state index in [1.807, 2.05) is 0 Å². The van der Waals surface area contributed by atoms with Gasteiger partial charge in [-0.25, -0.2) is 8.78 Å². The third-order valence-corrected chi connectivity index (χ3v) is 1.35. The van der Waals surface area contributed by atoms with Gasteiger partial charge >= 0.3 is 0 Å². The molecule has 1 aromatic rings. The smallest absolute Gasteiger partial charge is 0.200 e. The monoisotopic (exact) mass is 172 g/mol. The highest BCUT2D eigenvalue weighted by molar-refractivity contribution is 6.32. The van der Waals surface area contributed by atoms with Crippen molar-refractivity contribution in [2.24, 2.45) is 0 Å². The Bertz CT molecular complexity index is 314. The first kappa shape index (κ1) is 8.97. The molecule has 0 heterocycles. The second-order valence-electron chi connectivity index (χ2n) is 2.11. The van der Waals surface area contributed by atoms with Gasteiger partial charge in [-0.2, -0.15) is 4.39 Å². The lowest BCUT2D eigenvalue weighted by Crippen LogP contribution is -2.13. The van der Waals surface area contributed by atoms with E-state index in [1.165, 1.54) is 0 Å². The first-order chi connectivity index (χ1) is 5.57. The van der Waals surface area contributed by atoms with Crippen LogP contribution in [-0.4, -0.2) is 15.0 Å². The van der Waals surface area contributed by atoms with E-state index >= 15 is 0 Å². The fraction of sp³-hybridized carbons (Fsp3) is 0.143. The summed E-state index contributed by atoms with van der Waals surface area (Å²) in [6.07, 6.45) is 0.